The fourth-order valence-corrected chi connectivity index (χ4v) is 3.76. The van der Waals surface area contributed by atoms with Crippen LogP contribution in [0.4, 0.5) is 0 Å². The Morgan fingerprint density at radius 1 is 1.46 bits per heavy atom. The molecule has 26 heavy (non-hydrogen) atoms. The molecule has 1 N–H and O–H groups in total. The molecule has 8 heteroatoms. The monoisotopic (exact) mass is 416 g/mol. The van der Waals surface area contributed by atoms with Gasteiger partial charge < -0.3 is 14.4 Å². The normalized spacial score (nSPS) is 14.7. The molecule has 0 saturated carbocycles. The zero-order valence-electron chi connectivity index (χ0n) is 14.4. The number of aliphatic hydroxyl groups is 1. The Morgan fingerprint density at radius 3 is 2.85 bits per heavy atom. The van der Waals surface area contributed by atoms with Crippen molar-refractivity contribution in [3.63, 3.8) is 0 Å². The molecule has 0 spiro atoms. The van der Waals surface area contributed by atoms with E-state index >= 15 is 0 Å². The van der Waals surface area contributed by atoms with Gasteiger partial charge in [0.2, 0.25) is 0 Å². The highest BCUT2D eigenvalue weighted by atomic mass is 35.5. The summed E-state index contributed by atoms with van der Waals surface area (Å²) in [6.07, 6.45) is 6.34. The second kappa shape index (κ2) is 9.65. The second-order valence-corrected chi connectivity index (χ2v) is 7.46. The zero-order valence-corrected chi connectivity index (χ0v) is 16.8. The summed E-state index contributed by atoms with van der Waals surface area (Å²) in [5, 5.41) is 11.9. The minimum absolute atomic E-state index is 0.224. The number of nitrogens with zero attached hydrogens (tertiary/aromatic N) is 2. The van der Waals surface area contributed by atoms with Crippen molar-refractivity contribution in [3.8, 4) is 0 Å². The minimum atomic E-state index is -1.36. The van der Waals surface area contributed by atoms with E-state index in [-0.39, 0.29) is 18.9 Å². The van der Waals surface area contributed by atoms with E-state index in [0.29, 0.717) is 35.1 Å². The largest absolute Gasteiger partial charge is 0.466 e. The molecular formula is C18H22Cl2N2O3S. The van der Waals surface area contributed by atoms with Gasteiger partial charge in [0.05, 0.1) is 19.5 Å². The summed E-state index contributed by atoms with van der Waals surface area (Å²) in [5.41, 5.74) is -0.825. The van der Waals surface area contributed by atoms with Crippen LogP contribution in [0.5, 0.6) is 0 Å². The first-order valence-electron chi connectivity index (χ1n) is 8.34. The van der Waals surface area contributed by atoms with Gasteiger partial charge in [0.25, 0.3) is 0 Å². The molecule has 142 valence electrons. The van der Waals surface area contributed by atoms with E-state index in [0.717, 1.165) is 0 Å². The molecular weight excluding hydrogens is 395 g/mol. The van der Waals surface area contributed by atoms with Crippen LogP contribution in [0.15, 0.2) is 36.9 Å². The number of imidazole rings is 1. The van der Waals surface area contributed by atoms with Crippen molar-refractivity contribution in [2.24, 2.45) is 0 Å². The van der Waals surface area contributed by atoms with Gasteiger partial charge in [0.1, 0.15) is 5.60 Å². The number of thiol groups is 1. The molecule has 2 rings (SSSR count). The number of hydrogen-bond donors (Lipinski definition) is 2. The van der Waals surface area contributed by atoms with Crippen molar-refractivity contribution < 1.29 is 14.6 Å². The number of esters is 1. The SMILES string of the molecule is CCOC(=O)CCCC(S)C(O)(Cn1ccnc1)c1ccc(Cl)cc1Cl. The third kappa shape index (κ3) is 5.39. The quantitative estimate of drug-likeness (QED) is 0.476. The number of carbonyl (C=O) groups excluding carboxylic acids is 1. The maximum Gasteiger partial charge on any atom is 0.305 e. The lowest BCUT2D eigenvalue weighted by molar-refractivity contribution is -0.143. The van der Waals surface area contributed by atoms with E-state index < -0.39 is 10.9 Å². The van der Waals surface area contributed by atoms with E-state index in [1.54, 1.807) is 48.4 Å². The second-order valence-electron chi connectivity index (χ2n) is 6.00. The van der Waals surface area contributed by atoms with Gasteiger partial charge in [-0.2, -0.15) is 12.6 Å². The van der Waals surface area contributed by atoms with Crippen LogP contribution in [0.1, 0.15) is 31.7 Å². The molecule has 2 atom stereocenters. The molecule has 1 aromatic carbocycles. The first-order valence-corrected chi connectivity index (χ1v) is 9.61. The van der Waals surface area contributed by atoms with Gasteiger partial charge in [0, 0.05) is 39.7 Å². The van der Waals surface area contributed by atoms with E-state index in [2.05, 4.69) is 17.6 Å². The van der Waals surface area contributed by atoms with Crippen LogP contribution in [-0.2, 0) is 21.7 Å². The van der Waals surface area contributed by atoms with Crippen molar-refractivity contribution in [2.75, 3.05) is 6.61 Å². The van der Waals surface area contributed by atoms with Gasteiger partial charge in [-0.3, -0.25) is 4.79 Å². The number of halogens is 2. The number of carbonyl (C=O) groups is 1. The molecule has 5 nitrogen and oxygen atoms in total. The fourth-order valence-electron chi connectivity index (χ4n) is 2.78. The highest BCUT2D eigenvalue weighted by Crippen LogP contribution is 2.38. The number of aromatic nitrogens is 2. The summed E-state index contributed by atoms with van der Waals surface area (Å²) in [6, 6.07) is 4.98. The summed E-state index contributed by atoms with van der Waals surface area (Å²) in [7, 11) is 0. The van der Waals surface area contributed by atoms with E-state index in [1.165, 1.54) is 0 Å². The first kappa shape index (κ1) is 21.1. The van der Waals surface area contributed by atoms with Gasteiger partial charge in [-0.15, -0.1) is 0 Å². The standard InChI is InChI=1S/C18H22Cl2N2O3S/c1-2-25-17(23)5-3-4-16(26)18(24,11-22-9-8-21-12-22)14-7-6-13(19)10-15(14)20/h6-10,12,16,24,26H,2-5,11H2,1H3. The van der Waals surface area contributed by atoms with Gasteiger partial charge in [-0.1, -0.05) is 29.3 Å². The van der Waals surface area contributed by atoms with Crippen LogP contribution < -0.4 is 0 Å². The maximum atomic E-state index is 11.5. The highest BCUT2D eigenvalue weighted by molar-refractivity contribution is 7.81. The molecule has 1 heterocycles. The van der Waals surface area contributed by atoms with Gasteiger partial charge in [0.15, 0.2) is 0 Å². The minimum Gasteiger partial charge on any atom is -0.466 e. The molecule has 0 aliphatic heterocycles. The summed E-state index contributed by atoms with van der Waals surface area (Å²) < 4.78 is 6.70. The Labute approximate surface area is 168 Å². The molecule has 0 radical (unpaired) electrons. The van der Waals surface area contributed by atoms with Gasteiger partial charge >= 0.3 is 5.97 Å². The molecule has 0 amide bonds. The Balaban J connectivity index is 2.21. The molecule has 0 aliphatic carbocycles. The Morgan fingerprint density at radius 2 is 2.23 bits per heavy atom. The Bertz CT molecular complexity index is 727. The third-order valence-corrected chi connectivity index (χ3v) is 5.33. The average Bonchev–Trinajstić information content (AvgIpc) is 3.07. The topological polar surface area (TPSA) is 64.3 Å². The average molecular weight is 417 g/mol. The van der Waals surface area contributed by atoms with Crippen LogP contribution in [0.3, 0.4) is 0 Å². The summed E-state index contributed by atoms with van der Waals surface area (Å²) in [5.74, 6) is -0.254. The maximum absolute atomic E-state index is 11.5. The number of hydrogen-bond acceptors (Lipinski definition) is 5. The molecule has 1 aromatic heterocycles. The summed E-state index contributed by atoms with van der Waals surface area (Å²) in [4.78, 5) is 15.5. The first-order chi connectivity index (χ1) is 12.4. The van der Waals surface area contributed by atoms with Crippen molar-refractivity contribution >= 4 is 41.8 Å². The van der Waals surface area contributed by atoms with Crippen molar-refractivity contribution in [1.29, 1.82) is 0 Å². The van der Waals surface area contributed by atoms with Crippen molar-refractivity contribution in [2.45, 2.75) is 43.6 Å². The van der Waals surface area contributed by atoms with E-state index in [9.17, 15) is 9.90 Å². The summed E-state index contributed by atoms with van der Waals surface area (Å²) in [6.45, 7) is 2.35. The fraction of sp³-hybridized carbons (Fsp3) is 0.444. The van der Waals surface area contributed by atoms with E-state index in [1.807, 2.05) is 0 Å². The van der Waals surface area contributed by atoms with Crippen LogP contribution >= 0.6 is 35.8 Å². The summed E-state index contributed by atoms with van der Waals surface area (Å²) >= 11 is 17.0. The van der Waals surface area contributed by atoms with Crippen LogP contribution in [-0.4, -0.2) is 32.5 Å². The molecule has 0 bridgehead atoms. The molecule has 0 fully saturated rings. The van der Waals surface area contributed by atoms with Gasteiger partial charge in [-0.05, 0) is 31.9 Å². The lowest BCUT2D eigenvalue weighted by atomic mass is 9.87. The lowest BCUT2D eigenvalue weighted by Gasteiger charge is -2.35. The van der Waals surface area contributed by atoms with Crippen LogP contribution in [0, 0.1) is 0 Å². The number of rotatable bonds is 9. The van der Waals surface area contributed by atoms with Crippen LogP contribution in [0.25, 0.3) is 0 Å². The number of benzene rings is 1. The predicted molar refractivity (Wildman–Crippen MR) is 106 cm³/mol. The van der Waals surface area contributed by atoms with Gasteiger partial charge in [-0.25, -0.2) is 4.98 Å². The molecule has 0 saturated heterocycles. The van der Waals surface area contributed by atoms with E-state index in [4.69, 9.17) is 27.9 Å². The van der Waals surface area contributed by atoms with Crippen molar-refractivity contribution in [3.05, 3.63) is 52.5 Å². The third-order valence-electron chi connectivity index (χ3n) is 4.10. The smallest absolute Gasteiger partial charge is 0.305 e. The van der Waals surface area contributed by atoms with Crippen LogP contribution in [0.2, 0.25) is 10.0 Å². The molecule has 2 aromatic rings. The Kier molecular flexibility index (Phi) is 7.83. The van der Waals surface area contributed by atoms with Crippen molar-refractivity contribution in [1.82, 2.24) is 9.55 Å². The molecule has 2 unspecified atom stereocenters. The lowest BCUT2D eigenvalue weighted by Crippen LogP contribution is -2.40. The number of ether oxygens (including phenoxy) is 1. The Hall–Kier alpha value is -1.21. The zero-order chi connectivity index (χ0) is 19.2. The molecule has 0 aliphatic rings. The highest BCUT2D eigenvalue weighted by Gasteiger charge is 2.38. The predicted octanol–water partition coefficient (Wildman–Crippen LogP) is 4.11.